The van der Waals surface area contributed by atoms with E-state index in [1.165, 1.54) is 24.0 Å². The molecule has 0 radical (unpaired) electrons. The highest BCUT2D eigenvalue weighted by Gasteiger charge is 2.40. The second-order valence-electron chi connectivity index (χ2n) is 6.59. The average molecular weight is 310 g/mol. The molecule has 0 heterocycles. The highest BCUT2D eigenvalue weighted by molar-refractivity contribution is 6.31. The number of rotatable bonds is 5. The van der Waals surface area contributed by atoms with E-state index < -0.39 is 0 Å². The van der Waals surface area contributed by atoms with Crippen LogP contribution in [-0.2, 0) is 11.2 Å². The lowest BCUT2D eigenvalue weighted by molar-refractivity contribution is -0.0730. The Morgan fingerprint density at radius 2 is 2.05 bits per heavy atom. The molecule has 1 saturated carbocycles. The molecule has 2 rings (SSSR count). The Bertz CT molecular complexity index is 466. The molecule has 1 aromatic carbocycles. The molecule has 1 unspecified atom stereocenters. The van der Waals surface area contributed by atoms with Crippen molar-refractivity contribution in [2.45, 2.75) is 57.6 Å². The summed E-state index contributed by atoms with van der Waals surface area (Å²) in [6.45, 7) is 4.41. The van der Waals surface area contributed by atoms with Gasteiger partial charge in [-0.05, 0) is 69.2 Å². The van der Waals surface area contributed by atoms with Gasteiger partial charge in [0.15, 0.2) is 0 Å². The van der Waals surface area contributed by atoms with E-state index in [-0.39, 0.29) is 5.60 Å². The van der Waals surface area contributed by atoms with E-state index in [1.54, 1.807) is 0 Å². The van der Waals surface area contributed by atoms with E-state index in [1.807, 2.05) is 20.2 Å². The smallest absolute Gasteiger partial charge is 0.0834 e. The Morgan fingerprint density at radius 1 is 1.38 bits per heavy atom. The van der Waals surface area contributed by atoms with Crippen molar-refractivity contribution >= 4 is 11.6 Å². The summed E-state index contributed by atoms with van der Waals surface area (Å²) in [6.07, 6.45) is 5.65. The summed E-state index contributed by atoms with van der Waals surface area (Å²) in [7, 11) is 3.89. The van der Waals surface area contributed by atoms with E-state index in [0.29, 0.717) is 6.04 Å². The zero-order valence-corrected chi connectivity index (χ0v) is 14.5. The van der Waals surface area contributed by atoms with E-state index >= 15 is 0 Å². The summed E-state index contributed by atoms with van der Waals surface area (Å²) in [5.74, 6) is 0.814. The number of halogens is 1. The number of aryl methyl sites for hydroxylation is 1. The number of likely N-dealkylation sites (N-methyl/N-ethyl adjacent to an activating group) is 1. The van der Waals surface area contributed by atoms with Crippen LogP contribution < -0.4 is 5.32 Å². The molecule has 0 amide bonds. The molecule has 1 aromatic rings. The normalized spacial score (nSPS) is 27.6. The Morgan fingerprint density at radius 3 is 2.57 bits per heavy atom. The first-order chi connectivity index (χ1) is 10.0. The third-order valence-electron chi connectivity index (χ3n) is 5.14. The van der Waals surface area contributed by atoms with Crippen LogP contribution in [-0.4, -0.2) is 25.8 Å². The summed E-state index contributed by atoms with van der Waals surface area (Å²) in [4.78, 5) is 0. The first kappa shape index (κ1) is 16.8. The fourth-order valence-electron chi connectivity index (χ4n) is 3.53. The second-order valence-corrected chi connectivity index (χ2v) is 7.00. The number of benzene rings is 1. The maximum atomic E-state index is 6.41. The van der Waals surface area contributed by atoms with Gasteiger partial charge in [-0.1, -0.05) is 30.7 Å². The van der Waals surface area contributed by atoms with Crippen molar-refractivity contribution in [1.29, 1.82) is 0 Å². The summed E-state index contributed by atoms with van der Waals surface area (Å²) in [6, 6.07) is 6.63. The lowest BCUT2D eigenvalue weighted by atomic mass is 9.74. The fraction of sp³-hybridized carbons (Fsp3) is 0.667. The molecule has 1 fully saturated rings. The van der Waals surface area contributed by atoms with Gasteiger partial charge < -0.3 is 10.1 Å². The zero-order chi connectivity index (χ0) is 15.5. The molecule has 0 bridgehead atoms. The van der Waals surface area contributed by atoms with Gasteiger partial charge in [0.2, 0.25) is 0 Å². The molecule has 118 valence electrons. The van der Waals surface area contributed by atoms with Crippen molar-refractivity contribution in [3.63, 3.8) is 0 Å². The standard InChI is InChI=1S/C18H28ClNO/c1-13-7-9-18(21-4,10-8-13)17(20-3)12-15-6-5-14(2)11-16(15)19/h5-6,11,13,17,20H,7-10,12H2,1-4H3. The molecule has 1 N–H and O–H groups in total. The van der Waals surface area contributed by atoms with Crippen molar-refractivity contribution in [3.05, 3.63) is 34.3 Å². The first-order valence-electron chi connectivity index (χ1n) is 7.98. The third kappa shape index (κ3) is 3.80. The van der Waals surface area contributed by atoms with Gasteiger partial charge >= 0.3 is 0 Å². The Labute approximate surface area is 134 Å². The molecule has 1 atom stereocenters. The molecule has 0 saturated heterocycles. The molecule has 3 heteroatoms. The molecule has 0 spiro atoms. The predicted molar refractivity (Wildman–Crippen MR) is 90.1 cm³/mol. The maximum absolute atomic E-state index is 6.41. The van der Waals surface area contributed by atoms with Crippen molar-refractivity contribution in [2.24, 2.45) is 5.92 Å². The molecule has 2 nitrogen and oxygen atoms in total. The van der Waals surface area contributed by atoms with Crippen LogP contribution in [0.3, 0.4) is 0 Å². The van der Waals surface area contributed by atoms with Gasteiger partial charge in [-0.2, -0.15) is 0 Å². The van der Waals surface area contributed by atoms with Crippen molar-refractivity contribution in [3.8, 4) is 0 Å². The highest BCUT2D eigenvalue weighted by atomic mass is 35.5. The molecule has 21 heavy (non-hydrogen) atoms. The number of ether oxygens (including phenoxy) is 1. The van der Waals surface area contributed by atoms with Gasteiger partial charge in [-0.3, -0.25) is 0 Å². The Kier molecular flexibility index (Phi) is 5.70. The van der Waals surface area contributed by atoms with E-state index in [9.17, 15) is 0 Å². The summed E-state index contributed by atoms with van der Waals surface area (Å²) >= 11 is 6.41. The van der Waals surface area contributed by atoms with E-state index in [2.05, 4.69) is 31.3 Å². The summed E-state index contributed by atoms with van der Waals surface area (Å²) in [5.41, 5.74) is 2.35. The molecular formula is C18H28ClNO. The molecule has 1 aliphatic carbocycles. The SMILES string of the molecule is CNC(Cc1ccc(C)cc1Cl)C1(OC)CCC(C)CC1. The van der Waals surface area contributed by atoms with Crippen LogP contribution in [0.4, 0.5) is 0 Å². The van der Waals surface area contributed by atoms with Crippen molar-refractivity contribution < 1.29 is 4.74 Å². The minimum Gasteiger partial charge on any atom is -0.377 e. The molecule has 0 aromatic heterocycles. The number of hydrogen-bond donors (Lipinski definition) is 1. The lowest BCUT2D eigenvalue weighted by Crippen LogP contribution is -2.54. The van der Waals surface area contributed by atoms with E-state index in [0.717, 1.165) is 30.2 Å². The molecule has 0 aliphatic heterocycles. The topological polar surface area (TPSA) is 21.3 Å². The van der Waals surface area contributed by atoms with Crippen LogP contribution in [0.15, 0.2) is 18.2 Å². The summed E-state index contributed by atoms with van der Waals surface area (Å²) < 4.78 is 6.01. The molecule has 1 aliphatic rings. The van der Waals surface area contributed by atoms with Crippen LogP contribution in [0, 0.1) is 12.8 Å². The predicted octanol–water partition coefficient (Wildman–Crippen LogP) is 4.37. The summed E-state index contributed by atoms with van der Waals surface area (Å²) in [5, 5.41) is 4.35. The fourth-order valence-corrected chi connectivity index (χ4v) is 3.85. The maximum Gasteiger partial charge on any atom is 0.0834 e. The lowest BCUT2D eigenvalue weighted by Gasteiger charge is -2.44. The highest BCUT2D eigenvalue weighted by Crippen LogP contribution is 2.38. The van der Waals surface area contributed by atoms with Crippen LogP contribution >= 0.6 is 11.6 Å². The Balaban J connectivity index is 2.17. The van der Waals surface area contributed by atoms with E-state index in [4.69, 9.17) is 16.3 Å². The largest absolute Gasteiger partial charge is 0.377 e. The minimum atomic E-state index is -0.0600. The van der Waals surface area contributed by atoms with Crippen LogP contribution in [0.1, 0.15) is 43.7 Å². The first-order valence-corrected chi connectivity index (χ1v) is 8.36. The number of methoxy groups -OCH3 is 1. The van der Waals surface area contributed by atoms with Gasteiger partial charge in [0.05, 0.1) is 5.60 Å². The minimum absolute atomic E-state index is 0.0600. The molecular weight excluding hydrogens is 282 g/mol. The van der Waals surface area contributed by atoms with Gasteiger partial charge in [0, 0.05) is 18.2 Å². The van der Waals surface area contributed by atoms with Gasteiger partial charge in [0.25, 0.3) is 0 Å². The quantitative estimate of drug-likeness (QED) is 0.872. The number of nitrogens with one attached hydrogen (secondary N) is 1. The Hall–Kier alpha value is -0.570. The van der Waals surface area contributed by atoms with Crippen LogP contribution in [0.5, 0.6) is 0 Å². The van der Waals surface area contributed by atoms with Gasteiger partial charge in [0.1, 0.15) is 0 Å². The van der Waals surface area contributed by atoms with Crippen LogP contribution in [0.2, 0.25) is 5.02 Å². The zero-order valence-electron chi connectivity index (χ0n) is 13.7. The van der Waals surface area contributed by atoms with Gasteiger partial charge in [-0.25, -0.2) is 0 Å². The second kappa shape index (κ2) is 7.13. The van der Waals surface area contributed by atoms with Gasteiger partial charge in [-0.15, -0.1) is 0 Å². The van der Waals surface area contributed by atoms with Crippen molar-refractivity contribution in [1.82, 2.24) is 5.32 Å². The average Bonchev–Trinajstić information content (AvgIpc) is 2.48. The van der Waals surface area contributed by atoms with Crippen molar-refractivity contribution in [2.75, 3.05) is 14.2 Å². The monoisotopic (exact) mass is 309 g/mol. The third-order valence-corrected chi connectivity index (χ3v) is 5.50. The number of hydrogen-bond acceptors (Lipinski definition) is 2. The van der Waals surface area contributed by atoms with Crippen LogP contribution in [0.25, 0.3) is 0 Å².